The summed E-state index contributed by atoms with van der Waals surface area (Å²) >= 11 is 0. The second-order valence-electron chi connectivity index (χ2n) is 2.11. The SMILES string of the molecule is CC=CNCOCCCC. The Labute approximate surface area is 63.3 Å². The van der Waals surface area contributed by atoms with Gasteiger partial charge in [0, 0.05) is 6.61 Å². The van der Waals surface area contributed by atoms with Crippen LogP contribution in [0.25, 0.3) is 0 Å². The zero-order valence-corrected chi connectivity index (χ0v) is 6.89. The number of allylic oxidation sites excluding steroid dienone is 1. The van der Waals surface area contributed by atoms with Crippen LogP contribution in [0.1, 0.15) is 26.7 Å². The van der Waals surface area contributed by atoms with Crippen molar-refractivity contribution in [1.29, 1.82) is 0 Å². The standard InChI is InChI=1S/C8H17NO/c1-3-5-7-10-8-9-6-4-2/h4,6,9H,3,5,7-8H2,1-2H3. The van der Waals surface area contributed by atoms with E-state index in [2.05, 4.69) is 12.2 Å². The molecule has 0 fully saturated rings. The molecule has 0 unspecified atom stereocenters. The van der Waals surface area contributed by atoms with Crippen LogP contribution in [-0.4, -0.2) is 13.3 Å². The molecule has 0 atom stereocenters. The fraction of sp³-hybridized carbons (Fsp3) is 0.750. The highest BCUT2D eigenvalue weighted by Crippen LogP contribution is 1.85. The molecule has 0 amide bonds. The van der Waals surface area contributed by atoms with E-state index in [1.807, 2.05) is 19.2 Å². The molecule has 0 spiro atoms. The lowest BCUT2D eigenvalue weighted by Crippen LogP contribution is -2.11. The van der Waals surface area contributed by atoms with Crippen molar-refractivity contribution >= 4 is 0 Å². The lowest BCUT2D eigenvalue weighted by atomic mass is 10.4. The second-order valence-corrected chi connectivity index (χ2v) is 2.11. The first-order valence-electron chi connectivity index (χ1n) is 3.84. The van der Waals surface area contributed by atoms with E-state index in [0.717, 1.165) is 13.0 Å². The van der Waals surface area contributed by atoms with E-state index in [-0.39, 0.29) is 0 Å². The van der Waals surface area contributed by atoms with Crippen LogP contribution in [0.4, 0.5) is 0 Å². The molecule has 60 valence electrons. The molecule has 0 aromatic heterocycles. The van der Waals surface area contributed by atoms with E-state index in [0.29, 0.717) is 6.73 Å². The van der Waals surface area contributed by atoms with Crippen LogP contribution in [0.5, 0.6) is 0 Å². The van der Waals surface area contributed by atoms with Gasteiger partial charge in [-0.1, -0.05) is 19.4 Å². The first-order valence-corrected chi connectivity index (χ1v) is 3.84. The van der Waals surface area contributed by atoms with Gasteiger partial charge in [-0.15, -0.1) is 0 Å². The fourth-order valence-corrected chi connectivity index (χ4v) is 0.543. The summed E-state index contributed by atoms with van der Waals surface area (Å²) in [5.74, 6) is 0. The summed E-state index contributed by atoms with van der Waals surface area (Å²) in [4.78, 5) is 0. The Bertz CT molecular complexity index is 81.3. The van der Waals surface area contributed by atoms with Crippen molar-refractivity contribution in [3.8, 4) is 0 Å². The highest BCUT2D eigenvalue weighted by Gasteiger charge is 1.81. The van der Waals surface area contributed by atoms with Gasteiger partial charge in [-0.05, 0) is 19.5 Å². The molecular formula is C8H17NO. The molecule has 0 rings (SSSR count). The zero-order chi connectivity index (χ0) is 7.66. The summed E-state index contributed by atoms with van der Waals surface area (Å²) < 4.78 is 5.21. The Morgan fingerprint density at radius 2 is 2.30 bits per heavy atom. The summed E-state index contributed by atoms with van der Waals surface area (Å²) in [7, 11) is 0. The van der Waals surface area contributed by atoms with E-state index >= 15 is 0 Å². The average Bonchev–Trinajstić information content (AvgIpc) is 1.97. The van der Waals surface area contributed by atoms with Gasteiger partial charge in [-0.3, -0.25) is 0 Å². The maximum Gasteiger partial charge on any atom is 0.116 e. The molecular weight excluding hydrogens is 126 g/mol. The molecule has 0 aromatic carbocycles. The van der Waals surface area contributed by atoms with Crippen molar-refractivity contribution in [2.75, 3.05) is 13.3 Å². The molecule has 0 saturated heterocycles. The smallest absolute Gasteiger partial charge is 0.116 e. The van der Waals surface area contributed by atoms with Crippen LogP contribution in [-0.2, 0) is 4.74 Å². The van der Waals surface area contributed by atoms with Crippen molar-refractivity contribution in [2.45, 2.75) is 26.7 Å². The van der Waals surface area contributed by atoms with Gasteiger partial charge in [0.05, 0.1) is 0 Å². The van der Waals surface area contributed by atoms with Crippen LogP contribution in [0.15, 0.2) is 12.3 Å². The first-order chi connectivity index (χ1) is 4.91. The van der Waals surface area contributed by atoms with Gasteiger partial charge >= 0.3 is 0 Å². The van der Waals surface area contributed by atoms with Crippen molar-refractivity contribution in [3.63, 3.8) is 0 Å². The van der Waals surface area contributed by atoms with Crippen molar-refractivity contribution < 1.29 is 4.74 Å². The highest BCUT2D eigenvalue weighted by molar-refractivity contribution is 4.71. The average molecular weight is 143 g/mol. The van der Waals surface area contributed by atoms with E-state index < -0.39 is 0 Å². The van der Waals surface area contributed by atoms with E-state index in [1.165, 1.54) is 6.42 Å². The van der Waals surface area contributed by atoms with Gasteiger partial charge in [-0.25, -0.2) is 0 Å². The van der Waals surface area contributed by atoms with Crippen LogP contribution >= 0.6 is 0 Å². The van der Waals surface area contributed by atoms with Crippen LogP contribution in [0.3, 0.4) is 0 Å². The number of hydrogen-bond acceptors (Lipinski definition) is 2. The number of ether oxygens (including phenoxy) is 1. The molecule has 0 aliphatic rings. The predicted molar refractivity (Wildman–Crippen MR) is 43.7 cm³/mol. The normalized spacial score (nSPS) is 10.6. The number of unbranched alkanes of at least 4 members (excludes halogenated alkanes) is 1. The number of hydrogen-bond donors (Lipinski definition) is 1. The van der Waals surface area contributed by atoms with Crippen molar-refractivity contribution in [1.82, 2.24) is 5.32 Å². The lowest BCUT2D eigenvalue weighted by Gasteiger charge is -2.01. The Kier molecular flexibility index (Phi) is 8.07. The molecule has 1 N–H and O–H groups in total. The first kappa shape index (κ1) is 9.50. The van der Waals surface area contributed by atoms with Gasteiger partial charge < -0.3 is 10.1 Å². The molecule has 0 bridgehead atoms. The molecule has 0 aliphatic heterocycles. The lowest BCUT2D eigenvalue weighted by molar-refractivity contribution is 0.123. The minimum absolute atomic E-state index is 0.629. The summed E-state index contributed by atoms with van der Waals surface area (Å²) in [5, 5.41) is 2.99. The molecule has 2 nitrogen and oxygen atoms in total. The number of rotatable bonds is 6. The summed E-state index contributed by atoms with van der Waals surface area (Å²) in [5.41, 5.74) is 0. The molecule has 2 heteroatoms. The Balaban J connectivity index is 2.77. The third-order valence-electron chi connectivity index (χ3n) is 1.11. The fourth-order valence-electron chi connectivity index (χ4n) is 0.543. The van der Waals surface area contributed by atoms with Crippen LogP contribution in [0, 0.1) is 0 Å². The zero-order valence-electron chi connectivity index (χ0n) is 6.89. The largest absolute Gasteiger partial charge is 0.369 e. The van der Waals surface area contributed by atoms with Crippen molar-refractivity contribution in [3.05, 3.63) is 12.3 Å². The van der Waals surface area contributed by atoms with Gasteiger partial charge in [0.25, 0.3) is 0 Å². The third-order valence-corrected chi connectivity index (χ3v) is 1.11. The van der Waals surface area contributed by atoms with Gasteiger partial charge in [-0.2, -0.15) is 0 Å². The Morgan fingerprint density at radius 3 is 2.90 bits per heavy atom. The monoisotopic (exact) mass is 143 g/mol. The van der Waals surface area contributed by atoms with E-state index in [4.69, 9.17) is 4.74 Å². The summed E-state index contributed by atoms with van der Waals surface area (Å²) in [6.45, 7) is 5.62. The summed E-state index contributed by atoms with van der Waals surface area (Å²) in [6.07, 6.45) is 6.18. The third kappa shape index (κ3) is 7.50. The maximum atomic E-state index is 5.21. The molecule has 0 heterocycles. The molecule has 0 saturated carbocycles. The quantitative estimate of drug-likeness (QED) is 0.453. The van der Waals surface area contributed by atoms with E-state index in [1.54, 1.807) is 0 Å². The second kappa shape index (κ2) is 8.50. The van der Waals surface area contributed by atoms with Gasteiger partial charge in [0.15, 0.2) is 0 Å². The molecule has 10 heavy (non-hydrogen) atoms. The molecule has 0 aromatic rings. The minimum Gasteiger partial charge on any atom is -0.369 e. The van der Waals surface area contributed by atoms with Crippen molar-refractivity contribution in [2.24, 2.45) is 0 Å². The van der Waals surface area contributed by atoms with Gasteiger partial charge in [0.2, 0.25) is 0 Å². The minimum atomic E-state index is 0.629. The Hall–Kier alpha value is -0.500. The van der Waals surface area contributed by atoms with Crippen LogP contribution in [0.2, 0.25) is 0 Å². The van der Waals surface area contributed by atoms with E-state index in [9.17, 15) is 0 Å². The Morgan fingerprint density at radius 1 is 1.50 bits per heavy atom. The number of nitrogens with one attached hydrogen (secondary N) is 1. The molecule has 0 aliphatic carbocycles. The molecule has 0 radical (unpaired) electrons. The van der Waals surface area contributed by atoms with Gasteiger partial charge in [0.1, 0.15) is 6.73 Å². The maximum absolute atomic E-state index is 5.21. The highest BCUT2D eigenvalue weighted by atomic mass is 16.5. The summed E-state index contributed by atoms with van der Waals surface area (Å²) in [6, 6.07) is 0. The topological polar surface area (TPSA) is 21.3 Å². The predicted octanol–water partition coefficient (Wildman–Crippen LogP) is 1.88. The van der Waals surface area contributed by atoms with Crippen LogP contribution < -0.4 is 5.32 Å².